The van der Waals surface area contributed by atoms with Crippen LogP contribution in [-0.2, 0) is 23.1 Å². The van der Waals surface area contributed by atoms with E-state index in [0.29, 0.717) is 5.75 Å². The zero-order chi connectivity index (χ0) is 11.6. The van der Waals surface area contributed by atoms with Gasteiger partial charge in [-0.1, -0.05) is 6.92 Å². The van der Waals surface area contributed by atoms with Crippen LogP contribution >= 0.6 is 0 Å². The van der Waals surface area contributed by atoms with E-state index in [9.17, 15) is 9.59 Å². The van der Waals surface area contributed by atoms with E-state index in [0.717, 1.165) is 23.4 Å². The number of ether oxygens (including phenoxy) is 1. The lowest BCUT2D eigenvalue weighted by Crippen LogP contribution is -2.09. The predicted molar refractivity (Wildman–Crippen MR) is 56.0 cm³/mol. The van der Waals surface area contributed by atoms with E-state index in [4.69, 9.17) is 4.74 Å². The summed E-state index contributed by atoms with van der Waals surface area (Å²) in [6, 6.07) is 0. The summed E-state index contributed by atoms with van der Waals surface area (Å²) in [6.07, 6.45) is 1.04. The van der Waals surface area contributed by atoms with E-state index in [1.807, 2.05) is 32.4 Å². The Morgan fingerprint density at radius 1 is 1.47 bits per heavy atom. The van der Waals surface area contributed by atoms with Crippen molar-refractivity contribution >= 4 is 12.3 Å². The fraction of sp³-hybridized carbons (Fsp3) is 0.455. The van der Waals surface area contributed by atoms with Gasteiger partial charge in [-0.05, 0) is 20.3 Å². The molecular formula is C11H15NO3. The highest BCUT2D eigenvalue weighted by Gasteiger charge is 2.17. The van der Waals surface area contributed by atoms with E-state index in [-0.39, 0.29) is 6.29 Å². The van der Waals surface area contributed by atoms with Gasteiger partial charge in [-0.2, -0.15) is 0 Å². The summed E-state index contributed by atoms with van der Waals surface area (Å²) >= 11 is 0. The van der Waals surface area contributed by atoms with Crippen LogP contribution in [0.1, 0.15) is 23.9 Å². The number of carbonyl (C=O) groups excluding carboxylic acids is 2. The van der Waals surface area contributed by atoms with E-state index in [2.05, 4.69) is 0 Å². The Labute approximate surface area is 88.8 Å². The van der Waals surface area contributed by atoms with Gasteiger partial charge in [0.2, 0.25) is 6.29 Å². The predicted octanol–water partition coefficient (Wildman–Crippen LogP) is 1.31. The average Bonchev–Trinajstić information content (AvgIpc) is 2.42. The highest BCUT2D eigenvalue weighted by molar-refractivity contribution is 6.21. The third-order valence-corrected chi connectivity index (χ3v) is 2.64. The third kappa shape index (κ3) is 1.93. The molecule has 4 nitrogen and oxygen atoms in total. The van der Waals surface area contributed by atoms with Gasteiger partial charge in [-0.25, -0.2) is 4.79 Å². The molecule has 0 atom stereocenters. The van der Waals surface area contributed by atoms with Crippen molar-refractivity contribution in [1.82, 2.24) is 4.57 Å². The van der Waals surface area contributed by atoms with Crippen molar-refractivity contribution in [1.29, 1.82) is 0 Å². The van der Waals surface area contributed by atoms with Crippen LogP contribution in [0, 0.1) is 13.8 Å². The second-order valence-electron chi connectivity index (χ2n) is 3.44. The van der Waals surface area contributed by atoms with Crippen molar-refractivity contribution in [3.8, 4) is 5.75 Å². The van der Waals surface area contributed by atoms with Crippen LogP contribution in [0.3, 0.4) is 0 Å². The highest BCUT2D eigenvalue weighted by atomic mass is 16.5. The molecule has 0 bridgehead atoms. The van der Waals surface area contributed by atoms with Gasteiger partial charge in [0, 0.05) is 18.3 Å². The quantitative estimate of drug-likeness (QED) is 0.428. The number of hydrogen-bond donors (Lipinski definition) is 0. The van der Waals surface area contributed by atoms with Gasteiger partial charge in [0.25, 0.3) is 0 Å². The summed E-state index contributed by atoms with van der Waals surface area (Å²) < 4.78 is 6.94. The molecule has 1 rings (SSSR count). The molecule has 0 amide bonds. The molecule has 1 heterocycles. The second kappa shape index (κ2) is 4.29. The van der Waals surface area contributed by atoms with Gasteiger partial charge < -0.3 is 9.30 Å². The minimum atomic E-state index is -0.852. The van der Waals surface area contributed by atoms with Crippen LogP contribution in [0.25, 0.3) is 0 Å². The molecule has 0 aliphatic rings. The fourth-order valence-corrected chi connectivity index (χ4v) is 1.79. The molecule has 82 valence electrons. The van der Waals surface area contributed by atoms with Gasteiger partial charge in [0.05, 0.1) is 5.69 Å². The van der Waals surface area contributed by atoms with Gasteiger partial charge in [-0.3, -0.25) is 4.79 Å². The van der Waals surface area contributed by atoms with E-state index in [1.54, 1.807) is 0 Å². The first-order valence-electron chi connectivity index (χ1n) is 4.84. The maximum absolute atomic E-state index is 10.9. The molecule has 0 saturated carbocycles. The maximum atomic E-state index is 10.9. The number of hydrogen-bond acceptors (Lipinski definition) is 3. The van der Waals surface area contributed by atoms with Crippen LogP contribution in [0.5, 0.6) is 5.75 Å². The van der Waals surface area contributed by atoms with Gasteiger partial charge in [-0.15, -0.1) is 0 Å². The molecule has 0 fully saturated rings. The average molecular weight is 209 g/mol. The number of carbonyl (C=O) groups is 2. The van der Waals surface area contributed by atoms with Crippen LogP contribution in [0.2, 0.25) is 0 Å². The molecular weight excluding hydrogens is 194 g/mol. The lowest BCUT2D eigenvalue weighted by Gasteiger charge is -2.01. The molecule has 4 heteroatoms. The third-order valence-electron chi connectivity index (χ3n) is 2.64. The molecule has 0 spiro atoms. The minimum absolute atomic E-state index is 0.178. The molecule has 0 radical (unpaired) electrons. The van der Waals surface area contributed by atoms with E-state index < -0.39 is 5.97 Å². The first-order chi connectivity index (χ1) is 7.02. The molecule has 0 unspecified atom stereocenters. The van der Waals surface area contributed by atoms with Crippen molar-refractivity contribution in [2.45, 2.75) is 27.2 Å². The zero-order valence-corrected chi connectivity index (χ0v) is 9.46. The Kier molecular flexibility index (Phi) is 3.29. The first kappa shape index (κ1) is 11.5. The van der Waals surface area contributed by atoms with Crippen LogP contribution in [0.15, 0.2) is 0 Å². The van der Waals surface area contributed by atoms with E-state index >= 15 is 0 Å². The molecule has 0 aliphatic carbocycles. The highest BCUT2D eigenvalue weighted by Crippen LogP contribution is 2.28. The molecule has 0 saturated heterocycles. The topological polar surface area (TPSA) is 48.3 Å². The Hall–Kier alpha value is -1.58. The first-order valence-corrected chi connectivity index (χ1v) is 4.84. The van der Waals surface area contributed by atoms with Crippen LogP contribution < -0.4 is 4.74 Å². The van der Waals surface area contributed by atoms with Gasteiger partial charge in [0.15, 0.2) is 5.75 Å². The van der Waals surface area contributed by atoms with Crippen molar-refractivity contribution in [3.63, 3.8) is 0 Å². The normalized spacial score (nSPS) is 10.1. The van der Waals surface area contributed by atoms with Crippen LogP contribution in [-0.4, -0.2) is 16.8 Å². The smallest absolute Gasteiger partial charge is 0.376 e. The number of rotatable bonds is 3. The number of nitrogens with zero attached hydrogens (tertiary/aromatic N) is 1. The standard InChI is InChI=1S/C11H15NO3/c1-5-9-7(2)11(8(3)12(9)4)15-10(14)6-13/h6H,5H2,1-4H3. The molecule has 0 aromatic carbocycles. The molecule has 0 N–H and O–H groups in total. The van der Waals surface area contributed by atoms with Crippen molar-refractivity contribution < 1.29 is 14.3 Å². The monoisotopic (exact) mass is 209 g/mol. The SMILES string of the molecule is CCc1c(C)c(OC(=O)C=O)c(C)n1C. The van der Waals surface area contributed by atoms with Crippen molar-refractivity contribution in [3.05, 3.63) is 17.0 Å². The van der Waals surface area contributed by atoms with Gasteiger partial charge in [0.1, 0.15) is 0 Å². The minimum Gasteiger partial charge on any atom is -0.419 e. The summed E-state index contributed by atoms with van der Waals surface area (Å²) in [5.74, 6) is -0.346. The largest absolute Gasteiger partial charge is 0.419 e. The summed E-state index contributed by atoms with van der Waals surface area (Å²) in [5, 5.41) is 0. The molecule has 0 aliphatic heterocycles. The van der Waals surface area contributed by atoms with E-state index in [1.165, 1.54) is 0 Å². The fourth-order valence-electron chi connectivity index (χ4n) is 1.79. The Balaban J connectivity index is 3.18. The second-order valence-corrected chi connectivity index (χ2v) is 3.44. The lowest BCUT2D eigenvalue weighted by molar-refractivity contribution is -0.141. The summed E-state index contributed by atoms with van der Waals surface area (Å²) in [6.45, 7) is 5.78. The summed E-state index contributed by atoms with van der Waals surface area (Å²) in [5.41, 5.74) is 2.90. The molecule has 1 aromatic heterocycles. The van der Waals surface area contributed by atoms with Crippen molar-refractivity contribution in [2.75, 3.05) is 0 Å². The molecule has 1 aromatic rings. The summed E-state index contributed by atoms with van der Waals surface area (Å²) in [7, 11) is 1.92. The number of esters is 1. The number of aromatic nitrogens is 1. The Bertz CT molecular complexity index is 404. The van der Waals surface area contributed by atoms with Crippen molar-refractivity contribution in [2.24, 2.45) is 7.05 Å². The maximum Gasteiger partial charge on any atom is 0.376 e. The number of aldehydes is 1. The summed E-state index contributed by atoms with van der Waals surface area (Å²) in [4.78, 5) is 21.1. The lowest BCUT2D eigenvalue weighted by atomic mass is 10.2. The van der Waals surface area contributed by atoms with Crippen LogP contribution in [0.4, 0.5) is 0 Å². The molecule has 15 heavy (non-hydrogen) atoms. The Morgan fingerprint density at radius 3 is 2.47 bits per heavy atom. The van der Waals surface area contributed by atoms with Gasteiger partial charge >= 0.3 is 5.97 Å². The Morgan fingerprint density at radius 2 is 2.07 bits per heavy atom. The zero-order valence-electron chi connectivity index (χ0n) is 9.46.